The predicted octanol–water partition coefficient (Wildman–Crippen LogP) is 2.01. The van der Waals surface area contributed by atoms with E-state index in [4.69, 9.17) is 22.1 Å². The van der Waals surface area contributed by atoms with E-state index in [2.05, 4.69) is 0 Å². The molecule has 0 saturated carbocycles. The molecule has 5 heteroatoms. The van der Waals surface area contributed by atoms with E-state index in [1.54, 1.807) is 17.0 Å². The third-order valence-corrected chi connectivity index (χ3v) is 2.83. The number of carbonyl (C=O) groups excluding carboxylic acids is 1. The maximum absolute atomic E-state index is 11.6. The van der Waals surface area contributed by atoms with Gasteiger partial charge in [-0.3, -0.25) is 4.90 Å². The number of nitrogens with zero attached hydrogens (tertiary/aromatic N) is 1. The molecule has 1 aromatic carbocycles. The maximum Gasteiger partial charge on any atom is 0.414 e. The molecule has 1 fully saturated rings. The standard InChI is InChI=1S/C11H13ClN2O2/c12-9-3-1-2-4-10(9)14-7-8(5-6-13)16-11(14)15/h1-4,8H,5-7,13H2. The zero-order valence-electron chi connectivity index (χ0n) is 8.73. The number of nitrogens with two attached hydrogens (primary N) is 1. The van der Waals surface area contributed by atoms with E-state index in [1.165, 1.54) is 0 Å². The van der Waals surface area contributed by atoms with Gasteiger partial charge in [0.15, 0.2) is 0 Å². The van der Waals surface area contributed by atoms with Crippen molar-refractivity contribution < 1.29 is 9.53 Å². The minimum atomic E-state index is -0.355. The average molecular weight is 241 g/mol. The first kappa shape index (κ1) is 11.2. The van der Waals surface area contributed by atoms with E-state index in [-0.39, 0.29) is 12.2 Å². The van der Waals surface area contributed by atoms with E-state index < -0.39 is 0 Å². The van der Waals surface area contributed by atoms with Gasteiger partial charge >= 0.3 is 6.09 Å². The minimum Gasteiger partial charge on any atom is -0.444 e. The molecule has 0 bridgehead atoms. The van der Waals surface area contributed by atoms with Crippen LogP contribution >= 0.6 is 11.6 Å². The molecule has 1 saturated heterocycles. The van der Waals surface area contributed by atoms with E-state index in [9.17, 15) is 4.79 Å². The molecule has 86 valence electrons. The SMILES string of the molecule is NCCC1CN(c2ccccc2Cl)C(=O)O1. The second kappa shape index (κ2) is 4.72. The van der Waals surface area contributed by atoms with Crippen molar-refractivity contribution in [1.29, 1.82) is 0 Å². The number of carbonyl (C=O) groups is 1. The lowest BCUT2D eigenvalue weighted by atomic mass is 10.2. The number of amides is 1. The van der Waals surface area contributed by atoms with Gasteiger partial charge in [0.05, 0.1) is 17.3 Å². The van der Waals surface area contributed by atoms with Gasteiger partial charge in [-0.05, 0) is 25.1 Å². The van der Waals surface area contributed by atoms with Gasteiger partial charge in [-0.25, -0.2) is 4.79 Å². The van der Waals surface area contributed by atoms with E-state index in [0.717, 1.165) is 0 Å². The molecule has 1 heterocycles. The van der Waals surface area contributed by atoms with E-state index >= 15 is 0 Å². The van der Waals surface area contributed by atoms with Crippen LogP contribution in [0.5, 0.6) is 0 Å². The second-order valence-corrected chi connectivity index (χ2v) is 4.05. The number of anilines is 1. The van der Waals surface area contributed by atoms with Crippen LogP contribution in [-0.4, -0.2) is 25.3 Å². The highest BCUT2D eigenvalue weighted by Gasteiger charge is 2.32. The molecule has 2 rings (SSSR count). The molecule has 1 aliphatic rings. The number of halogens is 1. The summed E-state index contributed by atoms with van der Waals surface area (Å²) in [6.45, 7) is 1.02. The summed E-state index contributed by atoms with van der Waals surface area (Å²) in [6.07, 6.45) is 0.187. The maximum atomic E-state index is 11.6. The van der Waals surface area contributed by atoms with Crippen LogP contribution in [0.25, 0.3) is 0 Å². The number of cyclic esters (lactones) is 1. The third-order valence-electron chi connectivity index (χ3n) is 2.51. The molecular formula is C11H13ClN2O2. The van der Waals surface area contributed by atoms with Gasteiger partial charge in [0.1, 0.15) is 6.10 Å². The largest absolute Gasteiger partial charge is 0.444 e. The highest BCUT2D eigenvalue weighted by atomic mass is 35.5. The molecule has 1 aromatic rings. The Bertz CT molecular complexity index is 397. The van der Waals surface area contributed by atoms with Gasteiger partial charge in [0.2, 0.25) is 0 Å². The van der Waals surface area contributed by atoms with Gasteiger partial charge in [-0.15, -0.1) is 0 Å². The molecular weight excluding hydrogens is 228 g/mol. The van der Waals surface area contributed by atoms with Crippen LogP contribution in [0.15, 0.2) is 24.3 Å². The summed E-state index contributed by atoms with van der Waals surface area (Å²) in [5.74, 6) is 0. The van der Waals surface area contributed by atoms with Crippen LogP contribution in [0, 0.1) is 0 Å². The Kier molecular flexibility index (Phi) is 3.31. The van der Waals surface area contributed by atoms with Crippen LogP contribution in [0.2, 0.25) is 5.02 Å². The zero-order chi connectivity index (χ0) is 11.5. The predicted molar refractivity (Wildman–Crippen MR) is 62.7 cm³/mol. The van der Waals surface area contributed by atoms with Crippen molar-refractivity contribution in [1.82, 2.24) is 0 Å². The molecule has 1 atom stereocenters. The van der Waals surface area contributed by atoms with Gasteiger partial charge in [0.25, 0.3) is 0 Å². The summed E-state index contributed by atoms with van der Waals surface area (Å²) in [5.41, 5.74) is 6.12. The minimum absolute atomic E-state index is 0.131. The van der Waals surface area contributed by atoms with Crippen molar-refractivity contribution in [2.45, 2.75) is 12.5 Å². The Balaban J connectivity index is 2.17. The molecule has 0 aromatic heterocycles. The van der Waals surface area contributed by atoms with Crippen LogP contribution < -0.4 is 10.6 Å². The first-order chi connectivity index (χ1) is 7.72. The van der Waals surface area contributed by atoms with Crippen molar-refractivity contribution in [3.05, 3.63) is 29.3 Å². The van der Waals surface area contributed by atoms with Crippen LogP contribution in [0.3, 0.4) is 0 Å². The quantitative estimate of drug-likeness (QED) is 0.879. The summed E-state index contributed by atoms with van der Waals surface area (Å²) in [7, 11) is 0. The number of hydrogen-bond donors (Lipinski definition) is 1. The average Bonchev–Trinajstić information content (AvgIpc) is 2.61. The molecule has 4 nitrogen and oxygen atoms in total. The summed E-state index contributed by atoms with van der Waals surface area (Å²) in [6, 6.07) is 7.21. The van der Waals surface area contributed by atoms with E-state index in [1.807, 2.05) is 12.1 Å². The fourth-order valence-electron chi connectivity index (χ4n) is 1.73. The number of benzene rings is 1. The Hall–Kier alpha value is -1.26. The Morgan fingerprint density at radius 3 is 2.94 bits per heavy atom. The van der Waals surface area contributed by atoms with Crippen molar-refractivity contribution in [3.8, 4) is 0 Å². The lowest BCUT2D eigenvalue weighted by Gasteiger charge is -2.14. The van der Waals surface area contributed by atoms with Crippen molar-refractivity contribution in [3.63, 3.8) is 0 Å². The molecule has 2 N–H and O–H groups in total. The molecule has 1 unspecified atom stereocenters. The number of hydrogen-bond acceptors (Lipinski definition) is 3. The van der Waals surface area contributed by atoms with Gasteiger partial charge in [0, 0.05) is 0 Å². The lowest BCUT2D eigenvalue weighted by molar-refractivity contribution is 0.138. The summed E-state index contributed by atoms with van der Waals surface area (Å²) in [4.78, 5) is 13.2. The molecule has 1 aliphatic heterocycles. The first-order valence-corrected chi connectivity index (χ1v) is 5.53. The Morgan fingerprint density at radius 2 is 2.25 bits per heavy atom. The molecule has 0 aliphatic carbocycles. The first-order valence-electron chi connectivity index (χ1n) is 5.15. The van der Waals surface area contributed by atoms with Gasteiger partial charge in [-0.1, -0.05) is 23.7 Å². The molecule has 1 amide bonds. The van der Waals surface area contributed by atoms with Crippen LogP contribution in [0.4, 0.5) is 10.5 Å². The third kappa shape index (κ3) is 2.13. The van der Waals surface area contributed by atoms with Crippen molar-refractivity contribution in [2.75, 3.05) is 18.0 Å². The summed E-state index contributed by atoms with van der Waals surface area (Å²) < 4.78 is 5.17. The van der Waals surface area contributed by atoms with Crippen LogP contribution in [-0.2, 0) is 4.74 Å². The molecule has 0 radical (unpaired) electrons. The fraction of sp³-hybridized carbons (Fsp3) is 0.364. The van der Waals surface area contributed by atoms with Gasteiger partial charge < -0.3 is 10.5 Å². The topological polar surface area (TPSA) is 55.6 Å². The number of ether oxygens (including phenoxy) is 1. The highest BCUT2D eigenvalue weighted by molar-refractivity contribution is 6.33. The highest BCUT2D eigenvalue weighted by Crippen LogP contribution is 2.29. The van der Waals surface area contributed by atoms with Gasteiger partial charge in [-0.2, -0.15) is 0 Å². The monoisotopic (exact) mass is 240 g/mol. The van der Waals surface area contributed by atoms with Crippen molar-refractivity contribution >= 4 is 23.4 Å². The smallest absolute Gasteiger partial charge is 0.414 e. The number of rotatable bonds is 3. The summed E-state index contributed by atoms with van der Waals surface area (Å²) >= 11 is 6.02. The zero-order valence-corrected chi connectivity index (χ0v) is 9.48. The lowest BCUT2D eigenvalue weighted by Crippen LogP contribution is -2.25. The Morgan fingerprint density at radius 1 is 1.50 bits per heavy atom. The number of para-hydroxylation sites is 1. The fourth-order valence-corrected chi connectivity index (χ4v) is 1.96. The normalized spacial score (nSPS) is 20.0. The summed E-state index contributed by atoms with van der Waals surface area (Å²) in [5, 5.41) is 0.549. The second-order valence-electron chi connectivity index (χ2n) is 3.65. The molecule has 0 spiro atoms. The van der Waals surface area contributed by atoms with Crippen molar-refractivity contribution in [2.24, 2.45) is 5.73 Å². The van der Waals surface area contributed by atoms with E-state index in [0.29, 0.717) is 30.2 Å². The molecule has 16 heavy (non-hydrogen) atoms. The van der Waals surface area contributed by atoms with Crippen LogP contribution in [0.1, 0.15) is 6.42 Å². The Labute approximate surface area is 98.9 Å².